The molecule has 2 N–H and O–H groups in total. The molecule has 1 saturated heterocycles. The lowest BCUT2D eigenvalue weighted by Gasteiger charge is -2.49. The molecule has 1 aliphatic heterocycles. The van der Waals surface area contributed by atoms with Crippen molar-refractivity contribution >= 4 is 5.97 Å². The molecule has 21 heavy (non-hydrogen) atoms. The van der Waals surface area contributed by atoms with Crippen LogP contribution in [0.15, 0.2) is 24.8 Å². The monoisotopic (exact) mass is 290 g/mol. The van der Waals surface area contributed by atoms with Crippen LogP contribution in [0.25, 0.3) is 0 Å². The molecule has 3 nitrogen and oxygen atoms in total. The summed E-state index contributed by atoms with van der Waals surface area (Å²) in [5, 5.41) is 2.17. The first kappa shape index (κ1) is 14.8. The molecule has 0 aromatic rings. The summed E-state index contributed by atoms with van der Waals surface area (Å²) in [4.78, 5) is 12.2. The number of fused-ring (bicyclic) bond motifs is 2. The number of nitrogens with two attached hydrogens (primary N) is 1. The SMILES string of the molecule is C=CC[NH2+]C[C@@H]1C(=O)O[C@@H]2C[C@@]3(C)CCCC(=C)[C@@H]3C[C@H]12. The van der Waals surface area contributed by atoms with Gasteiger partial charge in [-0.05, 0) is 49.5 Å². The van der Waals surface area contributed by atoms with Gasteiger partial charge in [0.05, 0.1) is 13.1 Å². The Kier molecular flexibility index (Phi) is 3.96. The highest BCUT2D eigenvalue weighted by molar-refractivity contribution is 5.75. The maximum atomic E-state index is 12.2. The number of ether oxygens (including phenoxy) is 1. The molecule has 3 heteroatoms. The normalized spacial score (nSPS) is 42.1. The van der Waals surface area contributed by atoms with Crippen LogP contribution in [0.3, 0.4) is 0 Å². The molecule has 0 unspecified atom stereocenters. The smallest absolute Gasteiger partial charge is 0.315 e. The Hall–Kier alpha value is -1.09. The summed E-state index contributed by atoms with van der Waals surface area (Å²) < 4.78 is 5.74. The standard InChI is InChI=1S/C18H27NO2/c1-4-8-19-11-14-13-9-15-12(2)6-5-7-18(15,3)10-16(13)21-17(14)20/h4,13-16,19H,1-2,5-11H2,3H3/p+1/t13-,14+,15+,16-,18-/m1/s1. The van der Waals surface area contributed by atoms with Crippen molar-refractivity contribution in [2.24, 2.45) is 23.2 Å². The fraction of sp³-hybridized carbons (Fsp3) is 0.722. The van der Waals surface area contributed by atoms with Crippen LogP contribution in [0, 0.1) is 23.2 Å². The lowest BCUT2D eigenvalue weighted by molar-refractivity contribution is -0.650. The van der Waals surface area contributed by atoms with Crippen molar-refractivity contribution in [2.45, 2.75) is 45.1 Å². The summed E-state index contributed by atoms with van der Waals surface area (Å²) >= 11 is 0. The molecule has 0 aromatic heterocycles. The molecule has 0 aromatic carbocycles. The van der Waals surface area contributed by atoms with Crippen LogP contribution in [0.4, 0.5) is 0 Å². The van der Waals surface area contributed by atoms with Gasteiger partial charge in [-0.1, -0.05) is 25.7 Å². The molecule has 3 rings (SSSR count). The number of esters is 1. The van der Waals surface area contributed by atoms with Gasteiger partial charge >= 0.3 is 5.97 Å². The summed E-state index contributed by atoms with van der Waals surface area (Å²) in [6, 6.07) is 0. The lowest BCUT2D eigenvalue weighted by atomic mass is 9.55. The summed E-state index contributed by atoms with van der Waals surface area (Å²) in [7, 11) is 0. The van der Waals surface area contributed by atoms with Crippen LogP contribution in [-0.4, -0.2) is 25.2 Å². The Morgan fingerprint density at radius 3 is 3.10 bits per heavy atom. The predicted molar refractivity (Wildman–Crippen MR) is 82.5 cm³/mol. The first-order valence-corrected chi connectivity index (χ1v) is 8.36. The van der Waals surface area contributed by atoms with E-state index in [4.69, 9.17) is 4.74 Å². The Bertz CT molecular complexity index is 458. The number of quaternary nitrogens is 1. The summed E-state index contributed by atoms with van der Waals surface area (Å²) in [5.74, 6) is 1.07. The van der Waals surface area contributed by atoms with Gasteiger partial charge in [0.2, 0.25) is 0 Å². The summed E-state index contributed by atoms with van der Waals surface area (Å²) in [6.45, 7) is 12.2. The molecule has 3 fully saturated rings. The second kappa shape index (κ2) is 5.60. The van der Waals surface area contributed by atoms with Crippen LogP contribution in [0.5, 0.6) is 0 Å². The van der Waals surface area contributed by atoms with Crippen LogP contribution in [-0.2, 0) is 9.53 Å². The highest BCUT2D eigenvalue weighted by Gasteiger charge is 2.55. The van der Waals surface area contributed by atoms with Crippen LogP contribution in [0.1, 0.15) is 39.0 Å². The number of hydrogen-bond donors (Lipinski definition) is 1. The van der Waals surface area contributed by atoms with Gasteiger partial charge in [0.1, 0.15) is 12.0 Å². The molecular formula is C18H28NO2+. The van der Waals surface area contributed by atoms with E-state index in [1.54, 1.807) is 0 Å². The molecule has 5 atom stereocenters. The molecule has 116 valence electrons. The zero-order valence-corrected chi connectivity index (χ0v) is 13.1. The van der Waals surface area contributed by atoms with Gasteiger partial charge in [0.15, 0.2) is 0 Å². The molecule has 0 spiro atoms. The van der Waals surface area contributed by atoms with Crippen molar-refractivity contribution in [3.05, 3.63) is 24.8 Å². The average molecular weight is 290 g/mol. The van der Waals surface area contributed by atoms with Gasteiger partial charge in [-0.15, -0.1) is 0 Å². The third kappa shape index (κ3) is 2.57. The van der Waals surface area contributed by atoms with E-state index >= 15 is 0 Å². The first-order valence-electron chi connectivity index (χ1n) is 8.36. The van der Waals surface area contributed by atoms with E-state index in [9.17, 15) is 4.79 Å². The zero-order valence-electron chi connectivity index (χ0n) is 13.1. The largest absolute Gasteiger partial charge is 0.462 e. The van der Waals surface area contributed by atoms with Crippen LogP contribution < -0.4 is 5.32 Å². The van der Waals surface area contributed by atoms with E-state index in [1.807, 2.05) is 6.08 Å². The van der Waals surface area contributed by atoms with Crippen molar-refractivity contribution in [3.63, 3.8) is 0 Å². The number of allylic oxidation sites excluding steroid dienone is 1. The van der Waals surface area contributed by atoms with Gasteiger partial charge in [0, 0.05) is 5.92 Å². The third-order valence-corrected chi connectivity index (χ3v) is 6.07. The summed E-state index contributed by atoms with van der Waals surface area (Å²) in [5.41, 5.74) is 1.71. The van der Waals surface area contributed by atoms with Crippen molar-refractivity contribution in [2.75, 3.05) is 13.1 Å². The fourth-order valence-electron chi connectivity index (χ4n) is 4.92. The molecule has 0 amide bonds. The molecular weight excluding hydrogens is 262 g/mol. The van der Waals surface area contributed by atoms with Crippen molar-refractivity contribution in [3.8, 4) is 0 Å². The second-order valence-corrected chi connectivity index (χ2v) is 7.45. The van der Waals surface area contributed by atoms with Gasteiger partial charge in [-0.2, -0.15) is 0 Å². The van der Waals surface area contributed by atoms with E-state index in [-0.39, 0.29) is 18.0 Å². The number of rotatable bonds is 4. The molecule has 0 bridgehead atoms. The maximum Gasteiger partial charge on any atom is 0.315 e. The average Bonchev–Trinajstić information content (AvgIpc) is 2.72. The maximum absolute atomic E-state index is 12.2. The Morgan fingerprint density at radius 2 is 2.33 bits per heavy atom. The predicted octanol–water partition coefficient (Wildman–Crippen LogP) is 2.05. The third-order valence-electron chi connectivity index (χ3n) is 6.07. The minimum absolute atomic E-state index is 0.0261. The fourth-order valence-corrected chi connectivity index (χ4v) is 4.92. The van der Waals surface area contributed by atoms with Gasteiger partial charge in [-0.3, -0.25) is 4.79 Å². The van der Waals surface area contributed by atoms with Crippen molar-refractivity contribution in [1.29, 1.82) is 0 Å². The van der Waals surface area contributed by atoms with E-state index in [0.29, 0.717) is 17.3 Å². The minimum atomic E-state index is 0.0261. The Balaban J connectivity index is 1.75. The van der Waals surface area contributed by atoms with E-state index in [1.165, 1.54) is 24.8 Å². The number of hydrogen-bond acceptors (Lipinski definition) is 2. The Morgan fingerprint density at radius 1 is 1.52 bits per heavy atom. The highest BCUT2D eigenvalue weighted by atomic mass is 16.6. The number of carbonyl (C=O) groups is 1. The Labute approximate surface area is 127 Å². The quantitative estimate of drug-likeness (QED) is 0.489. The minimum Gasteiger partial charge on any atom is -0.462 e. The van der Waals surface area contributed by atoms with Gasteiger partial charge in [0.25, 0.3) is 0 Å². The molecule has 3 aliphatic rings. The topological polar surface area (TPSA) is 42.9 Å². The van der Waals surface area contributed by atoms with E-state index in [0.717, 1.165) is 25.9 Å². The first-order chi connectivity index (χ1) is 10.0. The number of carbonyl (C=O) groups excluding carboxylic acids is 1. The van der Waals surface area contributed by atoms with Crippen molar-refractivity contribution < 1.29 is 14.8 Å². The van der Waals surface area contributed by atoms with Gasteiger partial charge in [-0.25, -0.2) is 0 Å². The van der Waals surface area contributed by atoms with Crippen LogP contribution in [0.2, 0.25) is 0 Å². The summed E-state index contributed by atoms with van der Waals surface area (Å²) in [6.07, 6.45) is 7.83. The zero-order chi connectivity index (χ0) is 15.0. The molecule has 2 saturated carbocycles. The molecule has 0 radical (unpaired) electrons. The second-order valence-electron chi connectivity index (χ2n) is 7.45. The molecule has 2 aliphatic carbocycles. The van der Waals surface area contributed by atoms with Gasteiger partial charge < -0.3 is 10.1 Å². The van der Waals surface area contributed by atoms with Crippen molar-refractivity contribution in [1.82, 2.24) is 0 Å². The van der Waals surface area contributed by atoms with E-state index < -0.39 is 0 Å². The highest BCUT2D eigenvalue weighted by Crippen LogP contribution is 2.56. The lowest BCUT2D eigenvalue weighted by Crippen LogP contribution is -2.85. The molecule has 1 heterocycles. The van der Waals surface area contributed by atoms with E-state index in [2.05, 4.69) is 25.4 Å². The van der Waals surface area contributed by atoms with Crippen LogP contribution >= 0.6 is 0 Å².